The molecule has 0 aliphatic heterocycles. The van der Waals surface area contributed by atoms with Gasteiger partial charge in [-0.25, -0.2) is 8.42 Å². The second-order valence-electron chi connectivity index (χ2n) is 9.34. The van der Waals surface area contributed by atoms with Crippen LogP contribution in [0.25, 0.3) is 0 Å². The third kappa shape index (κ3) is 9.58. The molecule has 7 nitrogen and oxygen atoms in total. The number of anilines is 1. The Kier molecular flexibility index (Phi) is 11.5. The predicted molar refractivity (Wildman–Crippen MR) is 147 cm³/mol. The van der Waals surface area contributed by atoms with Gasteiger partial charge in [0.1, 0.15) is 6.04 Å². The van der Waals surface area contributed by atoms with Crippen molar-refractivity contribution < 1.29 is 31.2 Å². The van der Waals surface area contributed by atoms with Gasteiger partial charge >= 0.3 is 6.18 Å². The number of alkyl halides is 3. The summed E-state index contributed by atoms with van der Waals surface area (Å²) in [6.07, 6.45) is -3.60. The van der Waals surface area contributed by atoms with Gasteiger partial charge in [0.05, 0.1) is 27.6 Å². The smallest absolute Gasteiger partial charge is 0.352 e. The molecule has 0 fully saturated rings. The molecule has 1 N–H and O–H groups in total. The summed E-state index contributed by atoms with van der Waals surface area (Å²) in [4.78, 5) is 27.7. The number of sulfonamides is 1. The van der Waals surface area contributed by atoms with Crippen molar-refractivity contribution in [3.8, 4) is 0 Å². The molecule has 0 bridgehead atoms. The highest BCUT2D eigenvalue weighted by Crippen LogP contribution is 2.32. The van der Waals surface area contributed by atoms with Crippen molar-refractivity contribution in [2.24, 2.45) is 0 Å². The molecule has 0 saturated carbocycles. The number of rotatable bonds is 12. The zero-order chi connectivity index (χ0) is 29.5. The molecule has 0 aliphatic carbocycles. The van der Waals surface area contributed by atoms with E-state index in [1.165, 1.54) is 11.0 Å². The second-order valence-corrected chi connectivity index (χ2v) is 12.1. The highest BCUT2D eigenvalue weighted by molar-refractivity contribution is 7.92. The van der Waals surface area contributed by atoms with Crippen LogP contribution in [0.3, 0.4) is 0 Å². The van der Waals surface area contributed by atoms with Crippen molar-refractivity contribution in [3.63, 3.8) is 0 Å². The van der Waals surface area contributed by atoms with Crippen LogP contribution >= 0.6 is 23.2 Å². The number of carbonyl (C=O) groups excluding carboxylic acids is 2. The van der Waals surface area contributed by atoms with Crippen molar-refractivity contribution in [2.75, 3.05) is 17.1 Å². The number of benzene rings is 2. The van der Waals surface area contributed by atoms with Crippen LogP contribution in [0.2, 0.25) is 10.0 Å². The minimum Gasteiger partial charge on any atom is -0.352 e. The van der Waals surface area contributed by atoms with E-state index in [-0.39, 0.29) is 48.6 Å². The molecule has 0 heterocycles. The number of amides is 2. The van der Waals surface area contributed by atoms with Crippen LogP contribution in [0.1, 0.15) is 51.2 Å². The molecule has 0 spiro atoms. The molecular formula is C26H32Cl2F3N3O4S. The van der Waals surface area contributed by atoms with Gasteiger partial charge in [-0.3, -0.25) is 13.9 Å². The minimum atomic E-state index is -4.65. The third-order valence-electron chi connectivity index (χ3n) is 5.77. The fraction of sp³-hybridized carbons (Fsp3) is 0.462. The van der Waals surface area contributed by atoms with E-state index in [9.17, 15) is 31.2 Å². The highest BCUT2D eigenvalue weighted by atomic mass is 35.5. The van der Waals surface area contributed by atoms with Crippen molar-refractivity contribution >= 4 is 50.7 Å². The first-order chi connectivity index (χ1) is 18.0. The number of nitrogens with zero attached hydrogens (tertiary/aromatic N) is 2. The predicted octanol–water partition coefficient (Wildman–Crippen LogP) is 5.89. The maximum Gasteiger partial charge on any atom is 0.416 e. The number of nitrogens with one attached hydrogen (secondary N) is 1. The number of carbonyl (C=O) groups is 2. The van der Waals surface area contributed by atoms with Crippen LogP contribution in [-0.4, -0.2) is 50.0 Å². The molecular weight excluding hydrogens is 578 g/mol. The highest BCUT2D eigenvalue weighted by Gasteiger charge is 2.32. The Morgan fingerprint density at radius 1 is 1.05 bits per heavy atom. The topological polar surface area (TPSA) is 86.8 Å². The molecule has 2 rings (SSSR count). The van der Waals surface area contributed by atoms with Crippen LogP contribution in [0.15, 0.2) is 42.5 Å². The standard InChI is InChI=1S/C26H32Cl2F3N3O4S/c1-5-23(25(36)32-17(2)3)33(16-18-11-12-21(27)22(28)14-18)24(35)10-7-13-34(39(4,37)38)20-9-6-8-19(15-20)26(29,30)31/h6,8-9,11-12,14-15,17,23H,5,7,10,13,16H2,1-4H3,(H,32,36)/t23-/m0/s1. The van der Waals surface area contributed by atoms with Crippen LogP contribution < -0.4 is 9.62 Å². The average Bonchev–Trinajstić information content (AvgIpc) is 2.82. The van der Waals surface area contributed by atoms with E-state index < -0.39 is 33.7 Å². The van der Waals surface area contributed by atoms with Crippen LogP contribution in [-0.2, 0) is 32.3 Å². The fourth-order valence-corrected chi connectivity index (χ4v) is 5.25. The first-order valence-electron chi connectivity index (χ1n) is 12.2. The third-order valence-corrected chi connectivity index (χ3v) is 7.70. The van der Waals surface area contributed by atoms with Gasteiger partial charge in [-0.15, -0.1) is 0 Å². The van der Waals surface area contributed by atoms with Crippen molar-refractivity contribution in [1.29, 1.82) is 0 Å². The number of hydrogen-bond donors (Lipinski definition) is 1. The lowest BCUT2D eigenvalue weighted by atomic mass is 10.1. The lowest BCUT2D eigenvalue weighted by molar-refractivity contribution is -0.141. The Labute approximate surface area is 237 Å². The van der Waals surface area contributed by atoms with E-state index in [0.717, 1.165) is 28.8 Å². The van der Waals surface area contributed by atoms with Crippen molar-refractivity contribution in [3.05, 3.63) is 63.6 Å². The Hall–Kier alpha value is -2.50. The molecule has 2 amide bonds. The zero-order valence-corrected chi connectivity index (χ0v) is 24.4. The maximum absolute atomic E-state index is 13.4. The molecule has 216 valence electrons. The van der Waals surface area contributed by atoms with E-state index >= 15 is 0 Å². The summed E-state index contributed by atoms with van der Waals surface area (Å²) in [6, 6.07) is 7.86. The normalized spacial score (nSPS) is 12.8. The van der Waals surface area contributed by atoms with Crippen LogP contribution in [0, 0.1) is 0 Å². The lowest BCUT2D eigenvalue weighted by Crippen LogP contribution is -2.50. The van der Waals surface area contributed by atoms with Gasteiger partial charge in [0.25, 0.3) is 0 Å². The fourth-order valence-electron chi connectivity index (χ4n) is 3.98. The Balaban J connectivity index is 2.28. The summed E-state index contributed by atoms with van der Waals surface area (Å²) < 4.78 is 65.2. The Morgan fingerprint density at radius 2 is 1.72 bits per heavy atom. The minimum absolute atomic E-state index is 0.00224. The van der Waals surface area contributed by atoms with Gasteiger partial charge < -0.3 is 10.2 Å². The van der Waals surface area contributed by atoms with Crippen molar-refractivity contribution in [1.82, 2.24) is 10.2 Å². The lowest BCUT2D eigenvalue weighted by Gasteiger charge is -2.31. The van der Waals surface area contributed by atoms with Gasteiger partial charge in [-0.2, -0.15) is 13.2 Å². The SMILES string of the molecule is CC[C@@H](C(=O)NC(C)C)N(Cc1ccc(Cl)c(Cl)c1)C(=O)CCCN(c1cccc(C(F)(F)F)c1)S(C)(=O)=O. The first-order valence-corrected chi connectivity index (χ1v) is 14.8. The molecule has 13 heteroatoms. The van der Waals surface area contributed by atoms with Gasteiger partial charge in [0, 0.05) is 25.6 Å². The average molecular weight is 611 g/mol. The van der Waals surface area contributed by atoms with Crippen LogP contribution in [0.5, 0.6) is 0 Å². The summed E-state index contributed by atoms with van der Waals surface area (Å²) in [7, 11) is -3.95. The Bertz CT molecular complexity index is 1270. The first kappa shape index (κ1) is 32.7. The van der Waals surface area contributed by atoms with Gasteiger partial charge in [-0.1, -0.05) is 42.3 Å². The van der Waals surface area contributed by atoms with Crippen molar-refractivity contribution in [2.45, 2.75) is 64.8 Å². The molecule has 0 unspecified atom stereocenters. The van der Waals surface area contributed by atoms with E-state index in [1.807, 2.05) is 0 Å². The molecule has 1 atom stereocenters. The second kappa shape index (κ2) is 13.7. The summed E-state index contributed by atoms with van der Waals surface area (Å²) in [5.74, 6) is -0.771. The number of halogens is 5. The van der Waals surface area contributed by atoms with E-state index in [0.29, 0.717) is 17.0 Å². The summed E-state index contributed by atoms with van der Waals surface area (Å²) >= 11 is 12.1. The van der Waals surface area contributed by atoms with Gasteiger partial charge in [0.15, 0.2) is 0 Å². The monoisotopic (exact) mass is 609 g/mol. The summed E-state index contributed by atoms with van der Waals surface area (Å²) in [6.45, 7) is 5.16. The molecule has 39 heavy (non-hydrogen) atoms. The van der Waals surface area contributed by atoms with Gasteiger partial charge in [0.2, 0.25) is 21.8 Å². The molecule has 0 aliphatic rings. The Morgan fingerprint density at radius 3 is 2.26 bits per heavy atom. The molecule has 2 aromatic rings. The molecule has 0 saturated heterocycles. The summed E-state index contributed by atoms with van der Waals surface area (Å²) in [5, 5.41) is 3.42. The molecule has 0 radical (unpaired) electrons. The van der Waals surface area contributed by atoms with E-state index in [4.69, 9.17) is 23.2 Å². The van der Waals surface area contributed by atoms with Crippen LogP contribution in [0.4, 0.5) is 18.9 Å². The molecule has 2 aromatic carbocycles. The summed E-state index contributed by atoms with van der Waals surface area (Å²) in [5.41, 5.74) is -0.509. The van der Waals surface area contributed by atoms with E-state index in [2.05, 4.69) is 5.32 Å². The molecule has 0 aromatic heterocycles. The quantitative estimate of drug-likeness (QED) is 0.325. The van der Waals surface area contributed by atoms with E-state index in [1.54, 1.807) is 39.0 Å². The maximum atomic E-state index is 13.4. The largest absolute Gasteiger partial charge is 0.416 e. The zero-order valence-electron chi connectivity index (χ0n) is 22.1. The number of hydrogen-bond acceptors (Lipinski definition) is 4. The van der Waals surface area contributed by atoms with Gasteiger partial charge in [-0.05, 0) is 62.6 Å².